The zero-order valence-electron chi connectivity index (χ0n) is 14.8. The summed E-state index contributed by atoms with van der Waals surface area (Å²) in [5.74, 6) is -0.565. The average Bonchev–Trinajstić information content (AvgIpc) is 2.57. The van der Waals surface area contributed by atoms with Crippen molar-refractivity contribution in [1.82, 2.24) is 0 Å². The van der Waals surface area contributed by atoms with Crippen LogP contribution in [0.1, 0.15) is 31.4 Å². The van der Waals surface area contributed by atoms with Gasteiger partial charge >= 0.3 is 5.97 Å². The van der Waals surface area contributed by atoms with Crippen molar-refractivity contribution in [2.45, 2.75) is 26.7 Å². The van der Waals surface area contributed by atoms with Crippen LogP contribution in [0.3, 0.4) is 0 Å². The van der Waals surface area contributed by atoms with Gasteiger partial charge in [-0.25, -0.2) is 4.79 Å². The number of hydrogen-bond donors (Lipinski definition) is 1. The van der Waals surface area contributed by atoms with Gasteiger partial charge in [0.1, 0.15) is 11.6 Å². The largest absolute Gasteiger partial charge is 0.477 e. The number of rotatable bonds is 6. The fourth-order valence-electron chi connectivity index (χ4n) is 2.97. The number of aryl methyl sites for hydroxylation is 1. The Kier molecular flexibility index (Phi) is 6.59. The van der Waals surface area contributed by atoms with Crippen molar-refractivity contribution < 1.29 is 9.90 Å². The number of aliphatic carboxylic acids is 1. The summed E-state index contributed by atoms with van der Waals surface area (Å²) in [5.41, 5.74) is 3.58. The average molecular weight is 336 g/mol. The van der Waals surface area contributed by atoms with Crippen molar-refractivity contribution in [2.75, 3.05) is 18.0 Å². The highest BCUT2D eigenvalue weighted by atomic mass is 16.4. The summed E-state index contributed by atoms with van der Waals surface area (Å²) in [6, 6.07) is 8.17. The molecule has 1 aromatic rings. The molecule has 0 saturated heterocycles. The molecular weight excluding hydrogens is 312 g/mol. The third-order valence-electron chi connectivity index (χ3n) is 4.03. The van der Waals surface area contributed by atoms with Gasteiger partial charge in [0.15, 0.2) is 0 Å². The lowest BCUT2D eigenvalue weighted by Crippen LogP contribution is -2.32. The predicted molar refractivity (Wildman–Crippen MR) is 101 cm³/mol. The van der Waals surface area contributed by atoms with E-state index in [1.807, 2.05) is 12.2 Å². The molecule has 0 amide bonds. The van der Waals surface area contributed by atoms with Gasteiger partial charge in [0.2, 0.25) is 0 Å². The van der Waals surface area contributed by atoms with Crippen molar-refractivity contribution in [3.05, 3.63) is 59.2 Å². The highest BCUT2D eigenvalue weighted by Gasteiger charge is 2.17. The number of allylic oxidation sites excluding steroid dienone is 4. The molecular formula is C21H24N2O2. The monoisotopic (exact) mass is 336 g/mol. The van der Waals surface area contributed by atoms with E-state index >= 15 is 0 Å². The van der Waals surface area contributed by atoms with Crippen LogP contribution in [0.25, 0.3) is 6.08 Å². The second kappa shape index (κ2) is 8.89. The van der Waals surface area contributed by atoms with Crippen molar-refractivity contribution >= 4 is 17.7 Å². The van der Waals surface area contributed by atoms with Crippen LogP contribution in [0, 0.1) is 17.2 Å². The first-order chi connectivity index (χ1) is 12.0. The zero-order valence-corrected chi connectivity index (χ0v) is 14.8. The zero-order chi connectivity index (χ0) is 18.2. The van der Waals surface area contributed by atoms with Gasteiger partial charge in [0.05, 0.1) is 0 Å². The smallest absolute Gasteiger partial charge is 0.346 e. The molecule has 1 aliphatic rings. The van der Waals surface area contributed by atoms with Crippen LogP contribution < -0.4 is 4.90 Å². The van der Waals surface area contributed by atoms with E-state index in [-0.39, 0.29) is 5.57 Å². The van der Waals surface area contributed by atoms with E-state index in [2.05, 4.69) is 36.9 Å². The predicted octanol–water partition coefficient (Wildman–Crippen LogP) is 4.20. The fourth-order valence-corrected chi connectivity index (χ4v) is 2.97. The lowest BCUT2D eigenvalue weighted by atomic mass is 9.98. The van der Waals surface area contributed by atoms with Crippen LogP contribution in [0.4, 0.5) is 5.69 Å². The number of carboxylic acids is 1. The summed E-state index contributed by atoms with van der Waals surface area (Å²) in [4.78, 5) is 13.2. The summed E-state index contributed by atoms with van der Waals surface area (Å²) < 4.78 is 0. The Labute approximate surface area is 149 Å². The van der Waals surface area contributed by atoms with E-state index in [4.69, 9.17) is 10.4 Å². The number of nitriles is 1. The van der Waals surface area contributed by atoms with E-state index in [0.717, 1.165) is 25.1 Å². The van der Waals surface area contributed by atoms with Gasteiger partial charge in [-0.15, -0.1) is 0 Å². The van der Waals surface area contributed by atoms with Crippen LogP contribution >= 0.6 is 0 Å². The molecule has 0 bridgehead atoms. The van der Waals surface area contributed by atoms with Crippen LogP contribution in [0.2, 0.25) is 0 Å². The molecule has 0 radical (unpaired) electrons. The number of hydrogen-bond acceptors (Lipinski definition) is 3. The molecule has 4 heteroatoms. The molecule has 2 rings (SSSR count). The second-order valence-electron chi connectivity index (χ2n) is 6.57. The number of fused-ring (bicyclic) bond motifs is 1. The van der Waals surface area contributed by atoms with Gasteiger partial charge < -0.3 is 10.0 Å². The van der Waals surface area contributed by atoms with Crippen LogP contribution in [-0.2, 0) is 11.2 Å². The topological polar surface area (TPSA) is 64.3 Å². The van der Waals surface area contributed by atoms with Gasteiger partial charge in [-0.2, -0.15) is 5.26 Å². The first-order valence-electron chi connectivity index (χ1n) is 8.57. The van der Waals surface area contributed by atoms with Crippen LogP contribution in [-0.4, -0.2) is 24.2 Å². The van der Waals surface area contributed by atoms with Gasteiger partial charge in [-0.05, 0) is 48.1 Å². The molecule has 0 atom stereocenters. The first kappa shape index (κ1) is 18.5. The molecule has 1 N–H and O–H groups in total. The summed E-state index contributed by atoms with van der Waals surface area (Å²) in [5, 5.41) is 17.4. The number of carbonyl (C=O) groups is 1. The molecule has 1 aliphatic heterocycles. The first-order valence-corrected chi connectivity index (χ1v) is 8.57. The van der Waals surface area contributed by atoms with Gasteiger partial charge in [0, 0.05) is 18.8 Å². The number of anilines is 1. The molecule has 1 aromatic carbocycles. The van der Waals surface area contributed by atoms with Crippen molar-refractivity contribution in [3.8, 4) is 6.07 Å². The van der Waals surface area contributed by atoms with Gasteiger partial charge in [0.25, 0.3) is 0 Å². The Morgan fingerprint density at radius 1 is 1.36 bits per heavy atom. The molecule has 0 aromatic heterocycles. The molecule has 0 fully saturated rings. The Bertz CT molecular complexity index is 752. The van der Waals surface area contributed by atoms with E-state index in [0.29, 0.717) is 5.92 Å². The Balaban J connectivity index is 2.07. The van der Waals surface area contributed by atoms with Gasteiger partial charge in [-0.3, -0.25) is 0 Å². The number of nitrogens with zero attached hydrogens (tertiary/aromatic N) is 2. The maximum absolute atomic E-state index is 10.7. The lowest BCUT2D eigenvalue weighted by Gasteiger charge is -2.32. The van der Waals surface area contributed by atoms with E-state index in [9.17, 15) is 4.79 Å². The van der Waals surface area contributed by atoms with E-state index < -0.39 is 5.97 Å². The Morgan fingerprint density at radius 2 is 2.16 bits per heavy atom. The molecule has 25 heavy (non-hydrogen) atoms. The molecule has 0 unspecified atom stereocenters. The highest BCUT2D eigenvalue weighted by molar-refractivity contribution is 5.91. The second-order valence-corrected chi connectivity index (χ2v) is 6.57. The molecule has 4 nitrogen and oxygen atoms in total. The highest BCUT2D eigenvalue weighted by Crippen LogP contribution is 2.29. The summed E-state index contributed by atoms with van der Waals surface area (Å²) in [7, 11) is 0. The maximum atomic E-state index is 10.7. The van der Waals surface area contributed by atoms with Crippen molar-refractivity contribution in [3.63, 3.8) is 0 Å². The minimum atomic E-state index is -1.21. The molecule has 0 spiro atoms. The normalized spacial score (nSPS) is 15.0. The quantitative estimate of drug-likeness (QED) is 0.480. The van der Waals surface area contributed by atoms with Crippen molar-refractivity contribution in [1.29, 1.82) is 5.26 Å². The summed E-state index contributed by atoms with van der Waals surface area (Å²) in [6.45, 7) is 6.70. The maximum Gasteiger partial charge on any atom is 0.346 e. The number of carboxylic acid groups (broad SMARTS) is 1. The number of benzene rings is 1. The minimum absolute atomic E-state index is 0.274. The standard InChI is InChI=1S/C21H24N2O2/c1-16(2)15-23-12-6-9-18-13-17(10-11-20(18)23)7-4-3-5-8-19(14-22)21(24)25/h3-5,7-8,10-11,13,16H,6,9,12,15H2,1-2H3,(H,24,25)/b5-3+,7-4+,19-8+. The summed E-state index contributed by atoms with van der Waals surface area (Å²) >= 11 is 0. The minimum Gasteiger partial charge on any atom is -0.477 e. The van der Waals surface area contributed by atoms with E-state index in [1.165, 1.54) is 23.7 Å². The molecule has 1 heterocycles. The fraction of sp³-hybridized carbons (Fsp3) is 0.333. The third-order valence-corrected chi connectivity index (χ3v) is 4.03. The SMILES string of the molecule is CC(C)CN1CCCc2cc(/C=C/C=C/C=C(\C#N)C(=O)O)ccc21. The van der Waals surface area contributed by atoms with E-state index in [1.54, 1.807) is 18.2 Å². The van der Waals surface area contributed by atoms with Crippen LogP contribution in [0.15, 0.2) is 48.1 Å². The van der Waals surface area contributed by atoms with Crippen molar-refractivity contribution in [2.24, 2.45) is 5.92 Å². The summed E-state index contributed by atoms with van der Waals surface area (Å²) in [6.07, 6.45) is 10.7. The lowest BCUT2D eigenvalue weighted by molar-refractivity contribution is -0.132. The molecule has 0 aliphatic carbocycles. The molecule has 130 valence electrons. The van der Waals surface area contributed by atoms with Crippen LogP contribution in [0.5, 0.6) is 0 Å². The van der Waals surface area contributed by atoms with Gasteiger partial charge in [-0.1, -0.05) is 44.2 Å². The Hall–Kier alpha value is -2.80. The third kappa shape index (κ3) is 5.36. The molecule has 0 saturated carbocycles. The Morgan fingerprint density at radius 3 is 2.84 bits per heavy atom.